The summed E-state index contributed by atoms with van der Waals surface area (Å²) < 4.78 is 0. The fourth-order valence-corrected chi connectivity index (χ4v) is 4.16. The molecule has 0 bridgehead atoms. The maximum Gasteiger partial charge on any atom is 0.0558 e. The lowest BCUT2D eigenvalue weighted by Gasteiger charge is -2.37. The highest BCUT2D eigenvalue weighted by atomic mass is 32.2. The highest BCUT2D eigenvalue weighted by Gasteiger charge is 2.24. The Kier molecular flexibility index (Phi) is 6.12. The minimum Gasteiger partial charge on any atom is -0.395 e. The molecule has 2 N–H and O–H groups in total. The van der Waals surface area contributed by atoms with Crippen molar-refractivity contribution < 1.29 is 5.11 Å². The third-order valence-electron chi connectivity index (χ3n) is 3.93. The van der Waals surface area contributed by atoms with Crippen molar-refractivity contribution in [2.75, 3.05) is 44.3 Å². The first-order chi connectivity index (χ1) is 8.40. The molecule has 0 aromatic heterocycles. The molecule has 0 aromatic carbocycles. The molecular formula is C13H26N2OS. The quantitative estimate of drug-likeness (QED) is 0.776. The van der Waals surface area contributed by atoms with Crippen molar-refractivity contribution in [3.63, 3.8) is 0 Å². The van der Waals surface area contributed by atoms with Crippen LogP contribution in [-0.2, 0) is 0 Å². The normalized spacial score (nSPS) is 30.7. The van der Waals surface area contributed by atoms with Crippen molar-refractivity contribution in [2.45, 2.75) is 31.7 Å². The first kappa shape index (κ1) is 13.7. The van der Waals surface area contributed by atoms with Crippen molar-refractivity contribution >= 4 is 11.8 Å². The predicted molar refractivity (Wildman–Crippen MR) is 74.6 cm³/mol. The number of nitrogens with one attached hydrogen (secondary N) is 1. The molecule has 2 unspecified atom stereocenters. The van der Waals surface area contributed by atoms with Crippen LogP contribution in [0.5, 0.6) is 0 Å². The molecule has 0 aliphatic carbocycles. The Labute approximate surface area is 109 Å². The van der Waals surface area contributed by atoms with E-state index in [2.05, 4.69) is 22.0 Å². The second-order valence-corrected chi connectivity index (χ2v) is 6.45. The Bertz CT molecular complexity index is 204. The summed E-state index contributed by atoms with van der Waals surface area (Å²) in [4.78, 5) is 2.55. The third-order valence-corrected chi connectivity index (χ3v) is 5.13. The number of hydrogen-bond acceptors (Lipinski definition) is 4. The second-order valence-electron chi connectivity index (χ2n) is 5.30. The van der Waals surface area contributed by atoms with Crippen molar-refractivity contribution in [3.8, 4) is 0 Å². The summed E-state index contributed by atoms with van der Waals surface area (Å²) in [7, 11) is 0. The highest BCUT2D eigenvalue weighted by Crippen LogP contribution is 2.23. The summed E-state index contributed by atoms with van der Waals surface area (Å²) in [5.74, 6) is 3.39. The molecule has 0 spiro atoms. The summed E-state index contributed by atoms with van der Waals surface area (Å²) in [6.45, 7) is 4.71. The maximum atomic E-state index is 9.23. The average Bonchev–Trinajstić information content (AvgIpc) is 2.40. The number of thioether (sulfide) groups is 1. The van der Waals surface area contributed by atoms with E-state index in [9.17, 15) is 5.11 Å². The van der Waals surface area contributed by atoms with E-state index in [1.165, 1.54) is 56.8 Å². The molecule has 4 heteroatoms. The van der Waals surface area contributed by atoms with Gasteiger partial charge in [-0.25, -0.2) is 0 Å². The van der Waals surface area contributed by atoms with Gasteiger partial charge in [0.05, 0.1) is 6.61 Å². The molecule has 2 fully saturated rings. The SMILES string of the molecule is OCCN(CC1CCCNC1)C1CCCSC1. The standard InChI is InChI=1S/C13H26N2OS/c16-7-6-15(13-4-2-8-17-11-13)10-12-3-1-5-14-9-12/h12-14,16H,1-11H2. The van der Waals surface area contributed by atoms with E-state index in [4.69, 9.17) is 0 Å². The van der Waals surface area contributed by atoms with Crippen molar-refractivity contribution in [3.05, 3.63) is 0 Å². The van der Waals surface area contributed by atoms with Gasteiger partial charge in [0.15, 0.2) is 0 Å². The Hall–Kier alpha value is 0.230. The Morgan fingerprint density at radius 1 is 1.29 bits per heavy atom. The predicted octanol–water partition coefficient (Wildman–Crippen LogP) is 1.18. The summed E-state index contributed by atoms with van der Waals surface area (Å²) >= 11 is 2.08. The van der Waals surface area contributed by atoms with Crippen molar-refractivity contribution in [1.82, 2.24) is 10.2 Å². The number of aliphatic hydroxyl groups is 1. The maximum absolute atomic E-state index is 9.23. The molecule has 0 radical (unpaired) electrons. The minimum atomic E-state index is 0.307. The Morgan fingerprint density at radius 2 is 2.24 bits per heavy atom. The van der Waals surface area contributed by atoms with Crippen LogP contribution in [-0.4, -0.2) is 60.3 Å². The smallest absolute Gasteiger partial charge is 0.0558 e. The van der Waals surface area contributed by atoms with Gasteiger partial charge in [-0.3, -0.25) is 4.90 Å². The van der Waals surface area contributed by atoms with Crippen LogP contribution in [0.25, 0.3) is 0 Å². The lowest BCUT2D eigenvalue weighted by molar-refractivity contribution is 0.125. The molecule has 2 rings (SSSR count). The first-order valence-corrected chi connectivity index (χ1v) is 8.19. The molecule has 0 amide bonds. The number of hydrogen-bond donors (Lipinski definition) is 2. The largest absolute Gasteiger partial charge is 0.395 e. The van der Waals surface area contributed by atoms with E-state index in [1.807, 2.05) is 0 Å². The Morgan fingerprint density at radius 3 is 2.88 bits per heavy atom. The van der Waals surface area contributed by atoms with Gasteiger partial charge in [0, 0.05) is 24.9 Å². The van der Waals surface area contributed by atoms with Gasteiger partial charge in [0.1, 0.15) is 0 Å². The van der Waals surface area contributed by atoms with Gasteiger partial charge in [-0.15, -0.1) is 0 Å². The number of nitrogens with zero attached hydrogens (tertiary/aromatic N) is 1. The summed E-state index contributed by atoms with van der Waals surface area (Å²) in [5.41, 5.74) is 0. The highest BCUT2D eigenvalue weighted by molar-refractivity contribution is 7.99. The molecule has 100 valence electrons. The molecule has 2 atom stereocenters. The van der Waals surface area contributed by atoms with Crippen LogP contribution in [0.3, 0.4) is 0 Å². The van der Waals surface area contributed by atoms with Gasteiger partial charge in [0.2, 0.25) is 0 Å². The lowest BCUT2D eigenvalue weighted by Crippen LogP contribution is -2.46. The zero-order valence-electron chi connectivity index (χ0n) is 10.7. The Balaban J connectivity index is 1.81. The molecule has 2 aliphatic rings. The number of rotatable bonds is 5. The molecule has 2 aliphatic heterocycles. The van der Waals surface area contributed by atoms with Gasteiger partial charge in [-0.05, 0) is 50.4 Å². The second kappa shape index (κ2) is 7.62. The van der Waals surface area contributed by atoms with E-state index < -0.39 is 0 Å². The molecule has 0 saturated carbocycles. The molecular weight excluding hydrogens is 232 g/mol. The summed E-state index contributed by atoms with van der Waals surface area (Å²) in [6, 6.07) is 0.711. The molecule has 3 nitrogen and oxygen atoms in total. The lowest BCUT2D eigenvalue weighted by atomic mass is 9.98. The molecule has 17 heavy (non-hydrogen) atoms. The van der Waals surface area contributed by atoms with Crippen LogP contribution in [0.15, 0.2) is 0 Å². The number of aliphatic hydroxyl groups excluding tert-OH is 1. The van der Waals surface area contributed by atoms with Crippen LogP contribution >= 0.6 is 11.8 Å². The van der Waals surface area contributed by atoms with E-state index >= 15 is 0 Å². The summed E-state index contributed by atoms with van der Waals surface area (Å²) in [5, 5.41) is 12.7. The van der Waals surface area contributed by atoms with E-state index in [1.54, 1.807) is 0 Å². The first-order valence-electron chi connectivity index (χ1n) is 7.03. The van der Waals surface area contributed by atoms with Gasteiger partial charge < -0.3 is 10.4 Å². The molecule has 2 saturated heterocycles. The van der Waals surface area contributed by atoms with Crippen molar-refractivity contribution in [2.24, 2.45) is 5.92 Å². The average molecular weight is 258 g/mol. The van der Waals surface area contributed by atoms with Crippen LogP contribution in [0, 0.1) is 5.92 Å². The fraction of sp³-hybridized carbons (Fsp3) is 1.00. The van der Waals surface area contributed by atoms with Gasteiger partial charge >= 0.3 is 0 Å². The summed E-state index contributed by atoms with van der Waals surface area (Å²) in [6.07, 6.45) is 5.35. The zero-order valence-corrected chi connectivity index (χ0v) is 11.6. The van der Waals surface area contributed by atoms with Crippen molar-refractivity contribution in [1.29, 1.82) is 0 Å². The monoisotopic (exact) mass is 258 g/mol. The molecule has 0 aromatic rings. The van der Waals surface area contributed by atoms with Crippen LogP contribution in [0.2, 0.25) is 0 Å². The van der Waals surface area contributed by atoms with Crippen LogP contribution in [0.1, 0.15) is 25.7 Å². The van der Waals surface area contributed by atoms with E-state index in [-0.39, 0.29) is 0 Å². The number of piperidine rings is 1. The van der Waals surface area contributed by atoms with Crippen LogP contribution in [0.4, 0.5) is 0 Å². The topological polar surface area (TPSA) is 35.5 Å². The molecule has 2 heterocycles. The fourth-order valence-electron chi connectivity index (χ4n) is 2.97. The van der Waals surface area contributed by atoms with Gasteiger partial charge in [0.25, 0.3) is 0 Å². The van der Waals surface area contributed by atoms with E-state index in [0.717, 1.165) is 12.5 Å². The zero-order chi connectivity index (χ0) is 11.9. The minimum absolute atomic E-state index is 0.307. The van der Waals surface area contributed by atoms with Gasteiger partial charge in [-0.1, -0.05) is 0 Å². The van der Waals surface area contributed by atoms with Crippen LogP contribution < -0.4 is 5.32 Å². The van der Waals surface area contributed by atoms with E-state index in [0.29, 0.717) is 12.6 Å². The van der Waals surface area contributed by atoms with Gasteiger partial charge in [-0.2, -0.15) is 11.8 Å². The third kappa shape index (κ3) is 4.43.